The molecule has 5 nitrogen and oxygen atoms in total. The number of hydrogen-bond acceptors (Lipinski definition) is 4. The summed E-state index contributed by atoms with van der Waals surface area (Å²) >= 11 is 0. The highest BCUT2D eigenvalue weighted by atomic mass is 16.4. The number of oxime groups is 1. The minimum atomic E-state index is -0.00294. The van der Waals surface area contributed by atoms with Crippen LogP contribution in [0.15, 0.2) is 41.7 Å². The van der Waals surface area contributed by atoms with E-state index in [0.29, 0.717) is 5.69 Å². The van der Waals surface area contributed by atoms with Crippen LogP contribution in [0.4, 0.5) is 11.4 Å². The molecule has 0 bridgehead atoms. The molecule has 0 saturated heterocycles. The molecule has 104 valence electrons. The zero-order chi connectivity index (χ0) is 14.7. The summed E-state index contributed by atoms with van der Waals surface area (Å²) in [5, 5.41) is 11.9. The second-order valence-corrected chi connectivity index (χ2v) is 4.76. The van der Waals surface area contributed by atoms with Gasteiger partial charge in [0.25, 0.3) is 0 Å². The van der Waals surface area contributed by atoms with E-state index >= 15 is 0 Å². The Morgan fingerprint density at radius 3 is 2.50 bits per heavy atom. The van der Waals surface area contributed by atoms with Crippen LogP contribution in [-0.2, 0) is 0 Å². The number of rotatable bonds is 3. The maximum absolute atomic E-state index is 8.86. The molecule has 1 heterocycles. The van der Waals surface area contributed by atoms with E-state index in [0.717, 1.165) is 11.4 Å². The number of aromatic nitrogens is 1. The number of nitrogens with zero attached hydrogens (tertiary/aromatic N) is 3. The lowest BCUT2D eigenvalue weighted by Gasteiger charge is -2.22. The molecule has 3 N–H and O–H groups in total. The Morgan fingerprint density at radius 2 is 1.90 bits per heavy atom. The molecule has 0 amide bonds. The Morgan fingerprint density at radius 1 is 1.25 bits per heavy atom. The first kappa shape index (κ1) is 13.9. The van der Waals surface area contributed by atoms with Crippen molar-refractivity contribution in [2.24, 2.45) is 10.9 Å². The van der Waals surface area contributed by atoms with Gasteiger partial charge in [-0.1, -0.05) is 11.2 Å². The van der Waals surface area contributed by atoms with E-state index in [1.54, 1.807) is 6.20 Å². The molecular weight excluding hydrogens is 252 g/mol. The number of benzene rings is 1. The van der Waals surface area contributed by atoms with E-state index in [9.17, 15) is 0 Å². The minimum absolute atomic E-state index is 0.00294. The number of anilines is 2. The van der Waals surface area contributed by atoms with Crippen molar-refractivity contribution in [3.63, 3.8) is 0 Å². The average molecular weight is 270 g/mol. The monoisotopic (exact) mass is 270 g/mol. The maximum atomic E-state index is 8.86. The number of aryl methyl sites for hydroxylation is 2. The van der Waals surface area contributed by atoms with Gasteiger partial charge in [-0.05, 0) is 49.2 Å². The zero-order valence-electron chi connectivity index (χ0n) is 11.8. The molecule has 1 aromatic heterocycles. The molecule has 2 aromatic rings. The van der Waals surface area contributed by atoms with E-state index in [2.05, 4.69) is 42.2 Å². The van der Waals surface area contributed by atoms with Gasteiger partial charge in [-0.25, -0.2) is 0 Å². The largest absolute Gasteiger partial charge is 0.409 e. The smallest absolute Gasteiger partial charge is 0.190 e. The standard InChI is InChI=1S/C15H18N4O/c1-10-7-11(2)9-12(8-10)19(3)13-5-4-6-17-14(13)15(16)18-20/h4-9,20H,1-3H3,(H2,16,18). The van der Waals surface area contributed by atoms with Crippen LogP contribution in [0.2, 0.25) is 0 Å². The number of nitrogens with two attached hydrogens (primary N) is 1. The van der Waals surface area contributed by atoms with Gasteiger partial charge in [0.15, 0.2) is 5.84 Å². The topological polar surface area (TPSA) is 74.7 Å². The first-order chi connectivity index (χ1) is 9.52. The summed E-state index contributed by atoms with van der Waals surface area (Å²) in [5.41, 5.74) is 10.3. The van der Waals surface area contributed by atoms with Crippen LogP contribution in [0.3, 0.4) is 0 Å². The van der Waals surface area contributed by atoms with Crippen molar-refractivity contribution in [2.45, 2.75) is 13.8 Å². The molecule has 20 heavy (non-hydrogen) atoms. The molecule has 0 fully saturated rings. The summed E-state index contributed by atoms with van der Waals surface area (Å²) in [6, 6.07) is 9.98. The highest BCUT2D eigenvalue weighted by molar-refractivity contribution is 6.00. The van der Waals surface area contributed by atoms with Crippen LogP contribution in [0.1, 0.15) is 16.8 Å². The van der Waals surface area contributed by atoms with Gasteiger partial charge in [0, 0.05) is 18.9 Å². The van der Waals surface area contributed by atoms with E-state index < -0.39 is 0 Å². The minimum Gasteiger partial charge on any atom is -0.409 e. The fourth-order valence-corrected chi connectivity index (χ4v) is 2.20. The third-order valence-corrected chi connectivity index (χ3v) is 3.09. The number of amidine groups is 1. The first-order valence-electron chi connectivity index (χ1n) is 6.28. The van der Waals surface area contributed by atoms with Crippen molar-refractivity contribution in [2.75, 3.05) is 11.9 Å². The Bertz CT molecular complexity index is 632. The lowest BCUT2D eigenvalue weighted by molar-refractivity contribution is 0.318. The molecule has 0 atom stereocenters. The van der Waals surface area contributed by atoms with Gasteiger partial charge in [0.1, 0.15) is 5.69 Å². The molecule has 0 aliphatic carbocycles. The molecule has 5 heteroatoms. The first-order valence-corrected chi connectivity index (χ1v) is 6.28. The third-order valence-electron chi connectivity index (χ3n) is 3.09. The van der Waals surface area contributed by atoms with E-state index in [1.807, 2.05) is 24.1 Å². The molecule has 0 unspecified atom stereocenters. The van der Waals surface area contributed by atoms with E-state index in [1.165, 1.54) is 11.1 Å². The summed E-state index contributed by atoms with van der Waals surface area (Å²) in [5.74, 6) is -0.00294. The molecular formula is C15H18N4O. The lowest BCUT2D eigenvalue weighted by Crippen LogP contribution is -2.21. The van der Waals surface area contributed by atoms with Crippen LogP contribution in [-0.4, -0.2) is 23.1 Å². The van der Waals surface area contributed by atoms with Crippen molar-refractivity contribution in [1.82, 2.24) is 4.98 Å². The fourth-order valence-electron chi connectivity index (χ4n) is 2.20. The number of pyridine rings is 1. The van der Waals surface area contributed by atoms with E-state index in [-0.39, 0.29) is 5.84 Å². The second-order valence-electron chi connectivity index (χ2n) is 4.76. The van der Waals surface area contributed by atoms with Crippen molar-refractivity contribution in [1.29, 1.82) is 0 Å². The van der Waals surface area contributed by atoms with Gasteiger partial charge in [-0.15, -0.1) is 0 Å². The average Bonchev–Trinajstić information content (AvgIpc) is 2.44. The molecule has 0 saturated carbocycles. The molecule has 0 aliphatic heterocycles. The fraction of sp³-hybridized carbons (Fsp3) is 0.200. The van der Waals surface area contributed by atoms with Crippen molar-refractivity contribution in [3.05, 3.63) is 53.3 Å². The summed E-state index contributed by atoms with van der Waals surface area (Å²) in [4.78, 5) is 6.16. The normalized spacial score (nSPS) is 11.4. The molecule has 0 radical (unpaired) electrons. The molecule has 0 aliphatic rings. The quantitative estimate of drug-likeness (QED) is 0.389. The van der Waals surface area contributed by atoms with E-state index in [4.69, 9.17) is 10.9 Å². The predicted octanol–water partition coefficient (Wildman–Crippen LogP) is 2.56. The summed E-state index contributed by atoms with van der Waals surface area (Å²) in [6.45, 7) is 4.11. The Hall–Kier alpha value is -2.56. The summed E-state index contributed by atoms with van der Waals surface area (Å²) in [7, 11) is 1.93. The van der Waals surface area contributed by atoms with Crippen molar-refractivity contribution < 1.29 is 5.21 Å². The summed E-state index contributed by atoms with van der Waals surface area (Å²) in [6.07, 6.45) is 1.62. The molecule has 1 aromatic carbocycles. The molecule has 2 rings (SSSR count). The zero-order valence-corrected chi connectivity index (χ0v) is 11.8. The maximum Gasteiger partial charge on any atom is 0.190 e. The predicted molar refractivity (Wildman–Crippen MR) is 80.7 cm³/mol. The second kappa shape index (κ2) is 5.61. The highest BCUT2D eigenvalue weighted by Crippen LogP contribution is 2.27. The van der Waals surface area contributed by atoms with Gasteiger partial charge in [-0.3, -0.25) is 4.98 Å². The van der Waals surface area contributed by atoms with Gasteiger partial charge < -0.3 is 15.8 Å². The van der Waals surface area contributed by atoms with Crippen LogP contribution < -0.4 is 10.6 Å². The SMILES string of the molecule is Cc1cc(C)cc(N(C)c2cccnc2/C(N)=N/O)c1. The van der Waals surface area contributed by atoms with Crippen LogP contribution in [0, 0.1) is 13.8 Å². The van der Waals surface area contributed by atoms with Gasteiger partial charge >= 0.3 is 0 Å². The van der Waals surface area contributed by atoms with Crippen LogP contribution in [0.25, 0.3) is 0 Å². The van der Waals surface area contributed by atoms with Crippen LogP contribution in [0.5, 0.6) is 0 Å². The Balaban J connectivity index is 2.51. The van der Waals surface area contributed by atoms with Crippen molar-refractivity contribution in [3.8, 4) is 0 Å². The van der Waals surface area contributed by atoms with Gasteiger partial charge in [-0.2, -0.15) is 0 Å². The van der Waals surface area contributed by atoms with Gasteiger partial charge in [0.2, 0.25) is 0 Å². The van der Waals surface area contributed by atoms with Crippen LogP contribution >= 0.6 is 0 Å². The Kier molecular flexibility index (Phi) is 3.89. The lowest BCUT2D eigenvalue weighted by atomic mass is 10.1. The third kappa shape index (κ3) is 2.71. The Labute approximate surface area is 118 Å². The molecule has 0 spiro atoms. The highest BCUT2D eigenvalue weighted by Gasteiger charge is 2.13. The van der Waals surface area contributed by atoms with Crippen molar-refractivity contribution >= 4 is 17.2 Å². The van der Waals surface area contributed by atoms with Gasteiger partial charge in [0.05, 0.1) is 5.69 Å². The number of hydrogen-bond donors (Lipinski definition) is 2. The summed E-state index contributed by atoms with van der Waals surface area (Å²) < 4.78 is 0.